The van der Waals surface area contributed by atoms with E-state index >= 15 is 0 Å². The highest BCUT2D eigenvalue weighted by molar-refractivity contribution is 7.92. The number of anilines is 1. The quantitative estimate of drug-likeness (QED) is 0.209. The van der Waals surface area contributed by atoms with Crippen LogP contribution in [-0.4, -0.2) is 33.8 Å². The molecule has 2 N–H and O–H groups in total. The molecule has 0 aliphatic heterocycles. The predicted octanol–water partition coefficient (Wildman–Crippen LogP) is 5.11. The zero-order chi connectivity index (χ0) is 26.3. The number of hydrazone groups is 1. The van der Waals surface area contributed by atoms with Crippen LogP contribution in [-0.2, 0) is 10.0 Å². The van der Waals surface area contributed by atoms with E-state index in [1.54, 1.807) is 12.1 Å². The maximum atomic E-state index is 12.7. The summed E-state index contributed by atoms with van der Waals surface area (Å²) in [5, 5.41) is 3.80. The molecule has 0 aliphatic rings. The Bertz CT molecular complexity index is 1370. The highest BCUT2D eigenvalue weighted by atomic mass is 35.5. The van der Waals surface area contributed by atoms with Gasteiger partial charge in [0, 0.05) is 17.2 Å². The number of nitrogens with one attached hydrogen (secondary N) is 2. The fourth-order valence-electron chi connectivity index (χ4n) is 2.77. The molecule has 8 nitrogen and oxygen atoms in total. The van der Waals surface area contributed by atoms with Crippen LogP contribution in [0.1, 0.15) is 15.9 Å². The van der Waals surface area contributed by atoms with Crippen molar-refractivity contribution in [1.82, 2.24) is 5.43 Å². The molecule has 3 aromatic carbocycles. The number of carbonyl (C=O) groups excluding carboxylic acids is 1. The summed E-state index contributed by atoms with van der Waals surface area (Å²) in [4.78, 5) is 12.2. The molecular formula is C22H16ClF4N3O5S. The fraction of sp³-hybridized carbons (Fsp3) is 0.0909. The van der Waals surface area contributed by atoms with Gasteiger partial charge in [-0.05, 0) is 42.5 Å². The van der Waals surface area contributed by atoms with Crippen molar-refractivity contribution < 1.29 is 40.2 Å². The van der Waals surface area contributed by atoms with Crippen molar-refractivity contribution in [3.63, 3.8) is 0 Å². The largest absolute Gasteiger partial charge is 0.435 e. The number of carbonyl (C=O) groups is 1. The molecular weight excluding hydrogens is 530 g/mol. The Kier molecular flexibility index (Phi) is 8.72. The summed E-state index contributed by atoms with van der Waals surface area (Å²) in [5.74, 6) is -1.78. The molecule has 3 aromatic rings. The minimum Gasteiger partial charge on any atom is -0.435 e. The average Bonchev–Trinajstić information content (AvgIpc) is 2.81. The summed E-state index contributed by atoms with van der Waals surface area (Å²) < 4.78 is 86.2. The summed E-state index contributed by atoms with van der Waals surface area (Å²) in [6.45, 7) is -6.44. The van der Waals surface area contributed by atoms with Crippen molar-refractivity contribution in [1.29, 1.82) is 0 Å². The fourth-order valence-corrected chi connectivity index (χ4v) is 4.14. The zero-order valence-electron chi connectivity index (χ0n) is 17.9. The molecule has 0 spiro atoms. The van der Waals surface area contributed by atoms with Gasteiger partial charge in [0.2, 0.25) is 0 Å². The summed E-state index contributed by atoms with van der Waals surface area (Å²) >= 11 is 5.98. The van der Waals surface area contributed by atoms with Crippen molar-refractivity contribution >= 4 is 39.4 Å². The molecule has 0 aliphatic carbocycles. The lowest BCUT2D eigenvalue weighted by molar-refractivity contribution is -0.0543. The van der Waals surface area contributed by atoms with Crippen LogP contribution in [0.4, 0.5) is 23.2 Å². The van der Waals surface area contributed by atoms with E-state index in [4.69, 9.17) is 11.6 Å². The first-order chi connectivity index (χ1) is 17.0. The standard InChI is InChI=1S/C22H16ClF4N3O5S/c23-17-6-1-2-7-18(17)30-36(32,33)16-5-3-4-13(10-16)20(31)29-28-12-14-8-9-15(34-21(24)25)11-19(14)35-22(26)27/h1-12,21-22,30H,(H,29,31)/b28-12-. The number of benzene rings is 3. The molecule has 0 heterocycles. The Hall–Kier alpha value is -3.84. The molecule has 0 radical (unpaired) electrons. The third-order valence-corrected chi connectivity index (χ3v) is 6.01. The lowest BCUT2D eigenvalue weighted by Crippen LogP contribution is -2.19. The van der Waals surface area contributed by atoms with Gasteiger partial charge in [0.05, 0.1) is 21.8 Å². The SMILES string of the molecule is O=C(N/N=C\c1ccc(OC(F)F)cc1OC(F)F)c1cccc(S(=O)(=O)Nc2ccccc2Cl)c1. The third-order valence-electron chi connectivity index (χ3n) is 4.32. The molecule has 0 aromatic heterocycles. The summed E-state index contributed by atoms with van der Waals surface area (Å²) in [6.07, 6.45) is 0.932. The van der Waals surface area contributed by atoms with Gasteiger partial charge < -0.3 is 9.47 Å². The number of para-hydroxylation sites is 1. The Morgan fingerprint density at radius 2 is 1.67 bits per heavy atom. The summed E-state index contributed by atoms with van der Waals surface area (Å²) in [5.41, 5.74) is 2.09. The van der Waals surface area contributed by atoms with E-state index in [0.717, 1.165) is 30.5 Å². The van der Waals surface area contributed by atoms with Crippen LogP contribution in [0, 0.1) is 0 Å². The number of hydrogen-bond acceptors (Lipinski definition) is 6. The van der Waals surface area contributed by atoms with Crippen LogP contribution in [0.3, 0.4) is 0 Å². The van der Waals surface area contributed by atoms with Crippen molar-refractivity contribution in [2.75, 3.05) is 4.72 Å². The molecule has 0 atom stereocenters. The maximum Gasteiger partial charge on any atom is 0.387 e. The molecule has 0 unspecified atom stereocenters. The van der Waals surface area contributed by atoms with Gasteiger partial charge in [-0.3, -0.25) is 9.52 Å². The van der Waals surface area contributed by atoms with E-state index in [0.29, 0.717) is 0 Å². The van der Waals surface area contributed by atoms with Gasteiger partial charge in [-0.25, -0.2) is 13.8 Å². The average molecular weight is 546 g/mol. The van der Waals surface area contributed by atoms with Gasteiger partial charge in [-0.1, -0.05) is 29.8 Å². The summed E-state index contributed by atoms with van der Waals surface area (Å²) in [6, 6.07) is 14.2. The molecule has 0 saturated heterocycles. The normalized spacial score (nSPS) is 11.6. The van der Waals surface area contributed by atoms with Crippen molar-refractivity contribution in [3.05, 3.63) is 82.9 Å². The van der Waals surface area contributed by atoms with Crippen LogP contribution in [0.2, 0.25) is 5.02 Å². The number of alkyl halides is 4. The molecule has 0 bridgehead atoms. The lowest BCUT2D eigenvalue weighted by Gasteiger charge is -2.11. The number of ether oxygens (including phenoxy) is 2. The van der Waals surface area contributed by atoms with Gasteiger partial charge in [0.25, 0.3) is 15.9 Å². The second-order valence-corrected chi connectivity index (χ2v) is 8.86. The second-order valence-electron chi connectivity index (χ2n) is 6.77. The van der Waals surface area contributed by atoms with E-state index in [2.05, 4.69) is 24.7 Å². The van der Waals surface area contributed by atoms with Crippen LogP contribution in [0.15, 0.2) is 76.7 Å². The number of halogens is 5. The third kappa shape index (κ3) is 7.33. The molecule has 0 saturated carbocycles. The van der Waals surface area contributed by atoms with Crippen molar-refractivity contribution in [2.45, 2.75) is 18.1 Å². The van der Waals surface area contributed by atoms with E-state index in [-0.39, 0.29) is 26.7 Å². The summed E-state index contributed by atoms with van der Waals surface area (Å²) in [7, 11) is -4.09. The number of sulfonamides is 1. The Morgan fingerprint density at radius 1 is 0.944 bits per heavy atom. The van der Waals surface area contributed by atoms with E-state index in [1.807, 2.05) is 0 Å². The monoisotopic (exact) mass is 545 g/mol. The van der Waals surface area contributed by atoms with Crippen LogP contribution in [0.5, 0.6) is 11.5 Å². The Labute approximate surface area is 207 Å². The van der Waals surface area contributed by atoms with Gasteiger partial charge in [0.15, 0.2) is 0 Å². The molecule has 1 amide bonds. The minimum atomic E-state index is -4.09. The van der Waals surface area contributed by atoms with Crippen LogP contribution >= 0.6 is 11.6 Å². The van der Waals surface area contributed by atoms with E-state index in [9.17, 15) is 30.8 Å². The Balaban J connectivity index is 1.75. The second kappa shape index (κ2) is 11.7. The number of rotatable bonds is 10. The highest BCUT2D eigenvalue weighted by Crippen LogP contribution is 2.27. The zero-order valence-corrected chi connectivity index (χ0v) is 19.4. The van der Waals surface area contributed by atoms with Gasteiger partial charge in [-0.2, -0.15) is 22.7 Å². The first-order valence-corrected chi connectivity index (χ1v) is 11.7. The lowest BCUT2D eigenvalue weighted by atomic mass is 10.2. The van der Waals surface area contributed by atoms with Gasteiger partial charge in [0.1, 0.15) is 11.5 Å². The van der Waals surface area contributed by atoms with Crippen LogP contribution in [0.25, 0.3) is 0 Å². The smallest absolute Gasteiger partial charge is 0.387 e. The molecule has 3 rings (SSSR count). The number of hydrogen-bond donors (Lipinski definition) is 2. The Morgan fingerprint density at radius 3 is 2.36 bits per heavy atom. The maximum absolute atomic E-state index is 12.7. The van der Waals surface area contributed by atoms with E-state index < -0.39 is 40.7 Å². The molecule has 36 heavy (non-hydrogen) atoms. The van der Waals surface area contributed by atoms with Crippen molar-refractivity contribution in [3.8, 4) is 11.5 Å². The van der Waals surface area contributed by atoms with Crippen LogP contribution < -0.4 is 19.6 Å². The first-order valence-electron chi connectivity index (χ1n) is 9.79. The number of amides is 1. The first kappa shape index (κ1) is 26.8. The molecule has 190 valence electrons. The molecule has 0 fully saturated rings. The molecule has 14 heteroatoms. The predicted molar refractivity (Wildman–Crippen MR) is 123 cm³/mol. The van der Waals surface area contributed by atoms with Crippen molar-refractivity contribution in [2.24, 2.45) is 5.10 Å². The van der Waals surface area contributed by atoms with Gasteiger partial charge in [-0.15, -0.1) is 0 Å². The minimum absolute atomic E-state index is 0.0843. The van der Waals surface area contributed by atoms with Gasteiger partial charge >= 0.3 is 13.2 Å². The van der Waals surface area contributed by atoms with E-state index in [1.165, 1.54) is 30.3 Å². The number of nitrogens with zero attached hydrogens (tertiary/aromatic N) is 1. The highest BCUT2D eigenvalue weighted by Gasteiger charge is 2.18. The topological polar surface area (TPSA) is 106 Å².